The molecule has 12 heavy (non-hydrogen) atoms. The van der Waals surface area contributed by atoms with Gasteiger partial charge in [0.2, 0.25) is 0 Å². The average Bonchev–Trinajstić information content (AvgIpc) is 2.07. The number of quaternary nitrogens is 1. The average molecular weight is 188 g/mol. The highest BCUT2D eigenvalue weighted by molar-refractivity contribution is 7.97. The first kappa shape index (κ1) is 8.50. The number of ketones is 1. The molecule has 68 valence electrons. The second-order valence-corrected chi connectivity index (χ2v) is 4.40. The summed E-state index contributed by atoms with van der Waals surface area (Å²) in [6, 6.07) is 0. The zero-order valence-electron chi connectivity index (χ0n) is 6.71. The van der Waals surface area contributed by atoms with Gasteiger partial charge in [0.15, 0.2) is 0 Å². The molecular weight excluding hydrogens is 176 g/mol. The third kappa shape index (κ3) is 1.50. The van der Waals surface area contributed by atoms with Crippen molar-refractivity contribution in [3.63, 3.8) is 0 Å². The molecule has 2 fully saturated rings. The Morgan fingerprint density at radius 1 is 1.67 bits per heavy atom. The third-order valence-electron chi connectivity index (χ3n) is 2.50. The first-order valence-electron chi connectivity index (χ1n) is 4.24. The van der Waals surface area contributed by atoms with Gasteiger partial charge in [-0.15, -0.1) is 4.83 Å². The van der Waals surface area contributed by atoms with Gasteiger partial charge in [-0.05, 0) is 24.8 Å². The molecule has 5 heteroatoms. The molecule has 2 aliphatic rings. The lowest BCUT2D eigenvalue weighted by Crippen LogP contribution is -3.15. The van der Waals surface area contributed by atoms with Crippen LogP contribution in [0.1, 0.15) is 19.3 Å². The van der Waals surface area contributed by atoms with Gasteiger partial charge in [0.25, 0.3) is 0 Å². The van der Waals surface area contributed by atoms with E-state index < -0.39 is 0 Å². The van der Waals surface area contributed by atoms with Crippen LogP contribution < -0.4 is 10.0 Å². The van der Waals surface area contributed by atoms with Gasteiger partial charge in [0.1, 0.15) is 12.3 Å². The van der Waals surface area contributed by atoms with E-state index in [4.69, 9.17) is 0 Å². The second-order valence-electron chi connectivity index (χ2n) is 3.35. The van der Waals surface area contributed by atoms with Crippen molar-refractivity contribution in [3.8, 4) is 0 Å². The molecule has 0 spiro atoms. The molecule has 2 rings (SSSR count). The van der Waals surface area contributed by atoms with Gasteiger partial charge in [0.05, 0.1) is 5.92 Å². The number of Topliss-reactive ketones (excluding diaryl/α,β-unsaturated/α-hetero) is 1. The quantitative estimate of drug-likeness (QED) is 0.389. The van der Waals surface area contributed by atoms with Crippen molar-refractivity contribution in [3.05, 3.63) is 5.21 Å². The van der Waals surface area contributed by atoms with E-state index in [-0.39, 0.29) is 16.9 Å². The Balaban J connectivity index is 2.05. The van der Waals surface area contributed by atoms with E-state index in [0.29, 0.717) is 18.2 Å². The van der Waals surface area contributed by atoms with Crippen molar-refractivity contribution in [2.75, 3.05) is 6.54 Å². The molecule has 0 aromatic rings. The van der Waals surface area contributed by atoms with E-state index in [1.54, 1.807) is 0 Å². The minimum atomic E-state index is 0.0106. The predicted octanol–water partition coefficient (Wildman–Crippen LogP) is -0.727. The van der Waals surface area contributed by atoms with E-state index in [1.807, 2.05) is 0 Å². The Labute approximate surface area is 75.4 Å². The van der Waals surface area contributed by atoms with Crippen LogP contribution in [0.2, 0.25) is 0 Å². The molecule has 0 amide bonds. The minimum Gasteiger partial charge on any atom is -0.612 e. The Hall–Kier alpha value is -0.100. The van der Waals surface area contributed by atoms with Crippen LogP contribution in [0.5, 0.6) is 0 Å². The normalized spacial score (nSPS) is 42.4. The van der Waals surface area contributed by atoms with Crippen LogP contribution in [0, 0.1) is 11.1 Å². The summed E-state index contributed by atoms with van der Waals surface area (Å²) < 4.78 is 0. The number of hydroxylamine groups is 1. The molecule has 0 radical (unpaired) electrons. The molecule has 1 saturated heterocycles. The highest BCUT2D eigenvalue weighted by Crippen LogP contribution is 2.29. The fourth-order valence-electron chi connectivity index (χ4n) is 1.84. The lowest BCUT2D eigenvalue weighted by molar-refractivity contribution is -0.883. The number of rotatable bonds is 0. The summed E-state index contributed by atoms with van der Waals surface area (Å²) in [6.45, 7) is 0.413. The summed E-state index contributed by atoms with van der Waals surface area (Å²) in [6.07, 6.45) is 2.74. The maximum absolute atomic E-state index is 11.4. The molecule has 1 aliphatic carbocycles. The van der Waals surface area contributed by atoms with Crippen molar-refractivity contribution in [1.82, 2.24) is 4.83 Å². The van der Waals surface area contributed by atoms with Crippen LogP contribution >= 0.6 is 11.9 Å². The molecule has 1 heterocycles. The van der Waals surface area contributed by atoms with Crippen LogP contribution in [-0.4, -0.2) is 17.6 Å². The Kier molecular flexibility index (Phi) is 2.36. The summed E-state index contributed by atoms with van der Waals surface area (Å²) in [5, 5.41) is 11.3. The lowest BCUT2D eigenvalue weighted by Gasteiger charge is -2.38. The van der Waals surface area contributed by atoms with E-state index in [9.17, 15) is 10.0 Å². The largest absolute Gasteiger partial charge is 0.612 e. The van der Waals surface area contributed by atoms with Crippen molar-refractivity contribution in [2.45, 2.75) is 24.5 Å². The Bertz CT molecular complexity index is 200. The molecule has 0 aromatic carbocycles. The lowest BCUT2D eigenvalue weighted by atomic mass is 9.87. The van der Waals surface area contributed by atoms with Gasteiger partial charge in [-0.25, -0.2) is 0 Å². The number of carbonyl (C=O) groups excluding carboxylic acids is 1. The van der Waals surface area contributed by atoms with Crippen LogP contribution in [0.25, 0.3) is 0 Å². The van der Waals surface area contributed by atoms with E-state index in [2.05, 4.69) is 4.83 Å². The number of hydrogen-bond acceptors (Lipinski definition) is 4. The van der Waals surface area contributed by atoms with Gasteiger partial charge in [-0.3, -0.25) is 9.97 Å². The minimum absolute atomic E-state index is 0.0106. The van der Waals surface area contributed by atoms with Gasteiger partial charge < -0.3 is 5.21 Å². The summed E-state index contributed by atoms with van der Waals surface area (Å²) in [5.74, 6) is 0.297. The van der Waals surface area contributed by atoms with Crippen LogP contribution in [0.15, 0.2) is 0 Å². The zero-order chi connectivity index (χ0) is 8.55. The van der Waals surface area contributed by atoms with E-state index >= 15 is 0 Å². The van der Waals surface area contributed by atoms with Gasteiger partial charge in [-0.1, -0.05) is 0 Å². The van der Waals surface area contributed by atoms with Crippen molar-refractivity contribution in [1.29, 1.82) is 0 Å². The van der Waals surface area contributed by atoms with Gasteiger partial charge in [0, 0.05) is 11.7 Å². The molecule has 1 saturated carbocycles. The van der Waals surface area contributed by atoms with Crippen molar-refractivity contribution >= 4 is 17.7 Å². The summed E-state index contributed by atoms with van der Waals surface area (Å²) in [4.78, 5) is 14.1. The first-order chi connectivity index (χ1) is 5.77. The molecule has 2 N–H and O–H groups in total. The maximum Gasteiger partial charge on any atom is 0.142 e. The molecule has 3 atom stereocenters. The van der Waals surface area contributed by atoms with E-state index in [0.717, 1.165) is 12.8 Å². The zero-order valence-corrected chi connectivity index (χ0v) is 7.52. The standard InChI is InChI=1S/C7H12N2O2S/c10-6-2-1-3-7-5(6)4-9(11)8-12-7/h5,7-9H,1-4H2. The number of nitrogens with one attached hydrogen (secondary N) is 2. The van der Waals surface area contributed by atoms with Gasteiger partial charge >= 0.3 is 0 Å². The molecule has 1 aliphatic heterocycles. The Morgan fingerprint density at radius 3 is 3.33 bits per heavy atom. The third-order valence-corrected chi connectivity index (χ3v) is 3.72. The summed E-state index contributed by atoms with van der Waals surface area (Å²) in [5.41, 5.74) is 0. The maximum atomic E-state index is 11.4. The molecule has 3 unspecified atom stereocenters. The number of hydrogen-bond donors (Lipinski definition) is 2. The number of fused-ring (bicyclic) bond motifs is 1. The van der Waals surface area contributed by atoms with Crippen molar-refractivity contribution < 1.29 is 9.97 Å². The van der Waals surface area contributed by atoms with E-state index in [1.165, 1.54) is 11.9 Å². The highest BCUT2D eigenvalue weighted by Gasteiger charge is 2.37. The van der Waals surface area contributed by atoms with Crippen LogP contribution in [0.4, 0.5) is 0 Å². The summed E-state index contributed by atoms with van der Waals surface area (Å²) >= 11 is 1.44. The molecule has 0 bridgehead atoms. The van der Waals surface area contributed by atoms with Gasteiger partial charge in [-0.2, -0.15) is 0 Å². The van der Waals surface area contributed by atoms with Crippen LogP contribution in [0.3, 0.4) is 0 Å². The molecular formula is C7H12N2O2S. The SMILES string of the molecule is O=C1CCCC2SN[NH+]([O-])CC12. The number of carbonyl (C=O) groups is 1. The topological polar surface area (TPSA) is 56.6 Å². The second kappa shape index (κ2) is 3.33. The fraction of sp³-hybridized carbons (Fsp3) is 0.857. The Morgan fingerprint density at radius 2 is 2.50 bits per heavy atom. The first-order valence-corrected chi connectivity index (χ1v) is 5.12. The fourth-order valence-corrected chi connectivity index (χ4v) is 2.90. The van der Waals surface area contributed by atoms with Crippen LogP contribution in [-0.2, 0) is 4.79 Å². The molecule has 0 aromatic heterocycles. The predicted molar refractivity (Wildman–Crippen MR) is 46.1 cm³/mol. The smallest absolute Gasteiger partial charge is 0.142 e. The summed E-state index contributed by atoms with van der Waals surface area (Å²) in [7, 11) is 0. The monoisotopic (exact) mass is 188 g/mol. The highest BCUT2D eigenvalue weighted by atomic mass is 32.2. The van der Waals surface area contributed by atoms with Crippen molar-refractivity contribution in [2.24, 2.45) is 5.92 Å². The molecule has 4 nitrogen and oxygen atoms in total.